The number of imidazole rings is 1. The van der Waals surface area contributed by atoms with Crippen LogP contribution in [-0.4, -0.2) is 9.55 Å². The maximum absolute atomic E-state index is 4.13. The number of hydrogen-bond acceptors (Lipinski definition) is 2. The molecule has 0 unspecified atom stereocenters. The standard InChI is InChI=1S/C21H17N3/c1-2-6-17(7-3-1)18-10-12-19(13-11-18)23-20-8-4-5-9-21(20)24-15-14-22-16-24/h1-16,23H. The van der Waals surface area contributed by atoms with Gasteiger partial charge >= 0.3 is 0 Å². The van der Waals surface area contributed by atoms with E-state index in [1.165, 1.54) is 11.1 Å². The van der Waals surface area contributed by atoms with Gasteiger partial charge in [0.1, 0.15) is 0 Å². The van der Waals surface area contributed by atoms with Gasteiger partial charge in [0.25, 0.3) is 0 Å². The van der Waals surface area contributed by atoms with E-state index in [-0.39, 0.29) is 0 Å². The Balaban J connectivity index is 1.61. The molecule has 3 heteroatoms. The molecule has 0 saturated heterocycles. The summed E-state index contributed by atoms with van der Waals surface area (Å²) >= 11 is 0. The second-order valence-electron chi connectivity index (χ2n) is 5.56. The number of nitrogens with one attached hydrogen (secondary N) is 1. The number of nitrogens with zero attached hydrogens (tertiary/aromatic N) is 2. The third-order valence-corrected chi connectivity index (χ3v) is 3.96. The van der Waals surface area contributed by atoms with E-state index in [0.29, 0.717) is 0 Å². The number of aromatic nitrogens is 2. The zero-order valence-corrected chi connectivity index (χ0v) is 13.1. The summed E-state index contributed by atoms with van der Waals surface area (Å²) in [6.07, 6.45) is 5.53. The molecule has 1 aromatic heterocycles. The summed E-state index contributed by atoms with van der Waals surface area (Å²) < 4.78 is 2.00. The van der Waals surface area contributed by atoms with Crippen LogP contribution in [0.1, 0.15) is 0 Å². The van der Waals surface area contributed by atoms with Crippen LogP contribution in [0.25, 0.3) is 16.8 Å². The molecular weight excluding hydrogens is 294 g/mol. The molecule has 0 aliphatic carbocycles. The van der Waals surface area contributed by atoms with Crippen LogP contribution in [0.5, 0.6) is 0 Å². The number of hydrogen-bond donors (Lipinski definition) is 1. The average Bonchev–Trinajstić information content (AvgIpc) is 3.18. The molecule has 0 fully saturated rings. The second kappa shape index (κ2) is 6.42. The topological polar surface area (TPSA) is 29.9 Å². The van der Waals surface area contributed by atoms with Crippen molar-refractivity contribution >= 4 is 11.4 Å². The minimum atomic E-state index is 1.04. The molecule has 0 atom stereocenters. The van der Waals surface area contributed by atoms with Crippen molar-refractivity contribution in [3.05, 3.63) is 97.6 Å². The van der Waals surface area contributed by atoms with Crippen LogP contribution in [0.4, 0.5) is 11.4 Å². The van der Waals surface area contributed by atoms with Gasteiger partial charge in [-0.2, -0.15) is 0 Å². The van der Waals surface area contributed by atoms with Crippen LogP contribution in [0.2, 0.25) is 0 Å². The van der Waals surface area contributed by atoms with Crippen LogP contribution in [0.15, 0.2) is 97.6 Å². The van der Waals surface area contributed by atoms with Crippen LogP contribution in [-0.2, 0) is 0 Å². The maximum Gasteiger partial charge on any atom is 0.0992 e. The Morgan fingerprint density at radius 1 is 0.708 bits per heavy atom. The van der Waals surface area contributed by atoms with Gasteiger partial charge in [0.05, 0.1) is 17.7 Å². The highest BCUT2D eigenvalue weighted by molar-refractivity contribution is 5.72. The quantitative estimate of drug-likeness (QED) is 0.555. The smallest absolute Gasteiger partial charge is 0.0992 e. The molecule has 0 radical (unpaired) electrons. The molecular formula is C21H17N3. The van der Waals surface area contributed by atoms with Crippen molar-refractivity contribution in [2.24, 2.45) is 0 Å². The summed E-state index contributed by atoms with van der Waals surface area (Å²) in [5, 5.41) is 3.49. The minimum Gasteiger partial charge on any atom is -0.354 e. The maximum atomic E-state index is 4.13. The lowest BCUT2D eigenvalue weighted by molar-refractivity contribution is 1.06. The third kappa shape index (κ3) is 2.92. The monoisotopic (exact) mass is 311 g/mol. The van der Waals surface area contributed by atoms with Crippen molar-refractivity contribution in [1.82, 2.24) is 9.55 Å². The Kier molecular flexibility index (Phi) is 3.82. The van der Waals surface area contributed by atoms with E-state index in [0.717, 1.165) is 17.1 Å². The largest absolute Gasteiger partial charge is 0.354 e. The Hall–Kier alpha value is -3.33. The molecule has 0 bridgehead atoms. The minimum absolute atomic E-state index is 1.04. The number of rotatable bonds is 4. The van der Waals surface area contributed by atoms with Gasteiger partial charge in [0, 0.05) is 18.1 Å². The van der Waals surface area contributed by atoms with E-state index in [4.69, 9.17) is 0 Å². The zero-order chi connectivity index (χ0) is 16.2. The molecule has 4 rings (SSSR count). The van der Waals surface area contributed by atoms with Crippen molar-refractivity contribution in [3.63, 3.8) is 0 Å². The SMILES string of the molecule is c1ccc(-c2ccc(Nc3ccccc3-n3ccnc3)cc2)cc1. The molecule has 0 spiro atoms. The van der Waals surface area contributed by atoms with Gasteiger partial charge in [-0.3, -0.25) is 0 Å². The fraction of sp³-hybridized carbons (Fsp3) is 0. The molecule has 24 heavy (non-hydrogen) atoms. The van der Waals surface area contributed by atoms with E-state index in [9.17, 15) is 0 Å². The first-order valence-corrected chi connectivity index (χ1v) is 7.90. The Labute approximate surface area is 141 Å². The fourth-order valence-corrected chi connectivity index (χ4v) is 2.74. The van der Waals surface area contributed by atoms with Crippen molar-refractivity contribution in [2.45, 2.75) is 0 Å². The Morgan fingerprint density at radius 3 is 2.17 bits per heavy atom. The van der Waals surface area contributed by atoms with Gasteiger partial charge in [-0.25, -0.2) is 4.98 Å². The lowest BCUT2D eigenvalue weighted by Crippen LogP contribution is -1.98. The number of benzene rings is 3. The Morgan fingerprint density at radius 2 is 1.42 bits per heavy atom. The molecule has 0 aliphatic heterocycles. The number of anilines is 2. The van der Waals surface area contributed by atoms with E-state index >= 15 is 0 Å². The normalized spacial score (nSPS) is 10.5. The van der Waals surface area contributed by atoms with Crippen molar-refractivity contribution in [1.29, 1.82) is 0 Å². The molecule has 4 aromatic rings. The zero-order valence-electron chi connectivity index (χ0n) is 13.1. The van der Waals surface area contributed by atoms with Gasteiger partial charge < -0.3 is 9.88 Å². The van der Waals surface area contributed by atoms with E-state index in [1.54, 1.807) is 12.5 Å². The van der Waals surface area contributed by atoms with Crippen LogP contribution in [0.3, 0.4) is 0 Å². The lowest BCUT2D eigenvalue weighted by atomic mass is 10.1. The summed E-state index contributed by atoms with van der Waals surface area (Å²) in [6.45, 7) is 0. The second-order valence-corrected chi connectivity index (χ2v) is 5.56. The van der Waals surface area contributed by atoms with Gasteiger partial charge in [-0.15, -0.1) is 0 Å². The molecule has 3 aromatic carbocycles. The van der Waals surface area contributed by atoms with E-state index in [1.807, 2.05) is 29.0 Å². The highest BCUT2D eigenvalue weighted by atomic mass is 15.1. The molecule has 0 amide bonds. The van der Waals surface area contributed by atoms with Crippen molar-refractivity contribution in [3.8, 4) is 16.8 Å². The van der Waals surface area contributed by atoms with Crippen LogP contribution in [0, 0.1) is 0 Å². The molecule has 0 saturated carbocycles. The predicted molar refractivity (Wildman–Crippen MR) is 98.7 cm³/mol. The lowest BCUT2D eigenvalue weighted by Gasteiger charge is -2.13. The summed E-state index contributed by atoms with van der Waals surface area (Å²) in [6, 6.07) is 27.1. The summed E-state index contributed by atoms with van der Waals surface area (Å²) in [7, 11) is 0. The van der Waals surface area contributed by atoms with E-state index < -0.39 is 0 Å². The van der Waals surface area contributed by atoms with Crippen molar-refractivity contribution in [2.75, 3.05) is 5.32 Å². The van der Waals surface area contributed by atoms with Crippen LogP contribution < -0.4 is 5.32 Å². The molecule has 0 aliphatic rings. The molecule has 116 valence electrons. The van der Waals surface area contributed by atoms with Gasteiger partial charge in [-0.1, -0.05) is 54.6 Å². The first-order valence-electron chi connectivity index (χ1n) is 7.90. The van der Waals surface area contributed by atoms with Gasteiger partial charge in [0.15, 0.2) is 0 Å². The fourth-order valence-electron chi connectivity index (χ4n) is 2.74. The Bertz CT molecular complexity index is 911. The molecule has 3 nitrogen and oxygen atoms in total. The average molecular weight is 311 g/mol. The van der Waals surface area contributed by atoms with Crippen molar-refractivity contribution < 1.29 is 0 Å². The first kappa shape index (κ1) is 14.3. The first-order chi connectivity index (χ1) is 11.9. The highest BCUT2D eigenvalue weighted by Gasteiger charge is 2.04. The third-order valence-electron chi connectivity index (χ3n) is 3.96. The van der Waals surface area contributed by atoms with E-state index in [2.05, 4.69) is 71.0 Å². The van der Waals surface area contributed by atoms with Crippen LogP contribution >= 0.6 is 0 Å². The summed E-state index contributed by atoms with van der Waals surface area (Å²) in [4.78, 5) is 4.13. The predicted octanol–water partition coefficient (Wildman–Crippen LogP) is 5.28. The van der Waals surface area contributed by atoms with Gasteiger partial charge in [-0.05, 0) is 35.4 Å². The molecule has 1 N–H and O–H groups in total. The van der Waals surface area contributed by atoms with Gasteiger partial charge in [0.2, 0.25) is 0 Å². The molecule has 1 heterocycles. The number of para-hydroxylation sites is 2. The summed E-state index contributed by atoms with van der Waals surface area (Å²) in [5.41, 5.74) is 5.61. The highest BCUT2D eigenvalue weighted by Crippen LogP contribution is 2.26. The summed E-state index contributed by atoms with van der Waals surface area (Å²) in [5.74, 6) is 0.